The summed E-state index contributed by atoms with van der Waals surface area (Å²) in [5, 5.41) is 6.95. The SMILES string of the molecule is CCCCNc1nc(N)nc2cccc(C(=O)NCc3ccccc3)c12. The molecule has 0 unspecified atom stereocenters. The van der Waals surface area contributed by atoms with Crippen molar-refractivity contribution < 1.29 is 4.79 Å². The van der Waals surface area contributed by atoms with Gasteiger partial charge in [0.2, 0.25) is 5.95 Å². The molecule has 3 aromatic rings. The second kappa shape index (κ2) is 8.29. The van der Waals surface area contributed by atoms with E-state index in [2.05, 4.69) is 27.5 Å². The number of aromatic nitrogens is 2. The van der Waals surface area contributed by atoms with Gasteiger partial charge in [-0.2, -0.15) is 4.98 Å². The highest BCUT2D eigenvalue weighted by Gasteiger charge is 2.15. The lowest BCUT2D eigenvalue weighted by molar-refractivity contribution is 0.0952. The molecule has 2 aromatic carbocycles. The number of hydrogen-bond acceptors (Lipinski definition) is 5. The lowest BCUT2D eigenvalue weighted by atomic mass is 10.1. The van der Waals surface area contributed by atoms with Crippen molar-refractivity contribution in [2.45, 2.75) is 26.3 Å². The van der Waals surface area contributed by atoms with Crippen LogP contribution in [-0.2, 0) is 6.54 Å². The van der Waals surface area contributed by atoms with Gasteiger partial charge in [-0.15, -0.1) is 0 Å². The zero-order valence-corrected chi connectivity index (χ0v) is 14.8. The number of unbranched alkanes of at least 4 members (excludes halogenated alkanes) is 1. The molecule has 0 atom stereocenters. The van der Waals surface area contributed by atoms with E-state index in [9.17, 15) is 4.79 Å². The van der Waals surface area contributed by atoms with Gasteiger partial charge >= 0.3 is 0 Å². The Morgan fingerprint density at radius 2 is 1.88 bits per heavy atom. The molecule has 26 heavy (non-hydrogen) atoms. The minimum absolute atomic E-state index is 0.161. The van der Waals surface area contributed by atoms with Crippen molar-refractivity contribution in [3.63, 3.8) is 0 Å². The fraction of sp³-hybridized carbons (Fsp3) is 0.250. The van der Waals surface area contributed by atoms with Crippen molar-refractivity contribution in [1.29, 1.82) is 0 Å². The molecule has 0 fully saturated rings. The quantitative estimate of drug-likeness (QED) is 0.569. The molecule has 1 aromatic heterocycles. The van der Waals surface area contributed by atoms with Crippen LogP contribution >= 0.6 is 0 Å². The maximum absolute atomic E-state index is 12.8. The fourth-order valence-corrected chi connectivity index (χ4v) is 2.78. The standard InChI is InChI=1S/C20H23N5O/c1-2-3-12-22-18-17-15(10-7-11-16(17)24-20(21)25-18)19(26)23-13-14-8-5-4-6-9-14/h4-11H,2-3,12-13H2,1H3,(H,23,26)(H3,21,22,24,25). The first-order chi connectivity index (χ1) is 12.7. The van der Waals surface area contributed by atoms with E-state index in [0.717, 1.165) is 24.9 Å². The van der Waals surface area contributed by atoms with Gasteiger partial charge in [0.05, 0.1) is 16.5 Å². The second-order valence-corrected chi connectivity index (χ2v) is 6.08. The molecule has 6 nitrogen and oxygen atoms in total. The highest BCUT2D eigenvalue weighted by atomic mass is 16.1. The molecule has 134 valence electrons. The summed E-state index contributed by atoms with van der Waals surface area (Å²) in [7, 11) is 0. The van der Waals surface area contributed by atoms with Crippen molar-refractivity contribution >= 4 is 28.6 Å². The van der Waals surface area contributed by atoms with E-state index in [0.29, 0.717) is 28.8 Å². The van der Waals surface area contributed by atoms with E-state index < -0.39 is 0 Å². The smallest absolute Gasteiger partial charge is 0.252 e. The molecule has 0 saturated heterocycles. The number of amides is 1. The number of benzene rings is 2. The van der Waals surface area contributed by atoms with Crippen LogP contribution in [0.3, 0.4) is 0 Å². The van der Waals surface area contributed by atoms with Crippen molar-refractivity contribution in [2.75, 3.05) is 17.6 Å². The Bertz CT molecular complexity index is 895. The minimum atomic E-state index is -0.161. The maximum atomic E-state index is 12.8. The van der Waals surface area contributed by atoms with Gasteiger partial charge in [0.1, 0.15) is 5.82 Å². The number of nitrogen functional groups attached to an aromatic ring is 1. The Morgan fingerprint density at radius 1 is 1.08 bits per heavy atom. The van der Waals surface area contributed by atoms with Crippen LogP contribution in [0.5, 0.6) is 0 Å². The van der Waals surface area contributed by atoms with Crippen LogP contribution < -0.4 is 16.4 Å². The van der Waals surface area contributed by atoms with E-state index >= 15 is 0 Å². The van der Waals surface area contributed by atoms with Gasteiger partial charge in [0.25, 0.3) is 5.91 Å². The summed E-state index contributed by atoms with van der Waals surface area (Å²) >= 11 is 0. The van der Waals surface area contributed by atoms with E-state index in [1.165, 1.54) is 0 Å². The number of anilines is 2. The molecular weight excluding hydrogens is 326 g/mol. The Hall–Kier alpha value is -3.15. The van der Waals surface area contributed by atoms with Crippen LogP contribution in [-0.4, -0.2) is 22.4 Å². The first-order valence-electron chi connectivity index (χ1n) is 8.81. The van der Waals surface area contributed by atoms with Crippen LogP contribution in [0.25, 0.3) is 10.9 Å². The topological polar surface area (TPSA) is 92.9 Å². The average molecular weight is 349 g/mol. The molecule has 0 saturated carbocycles. The maximum Gasteiger partial charge on any atom is 0.252 e. The summed E-state index contributed by atoms with van der Waals surface area (Å²) in [4.78, 5) is 21.4. The number of nitrogens with one attached hydrogen (secondary N) is 2. The monoisotopic (exact) mass is 349 g/mol. The number of carbonyl (C=O) groups excluding carboxylic acids is 1. The third-order valence-electron chi connectivity index (χ3n) is 4.10. The van der Waals surface area contributed by atoms with Gasteiger partial charge in [-0.05, 0) is 24.1 Å². The van der Waals surface area contributed by atoms with Crippen molar-refractivity contribution in [1.82, 2.24) is 15.3 Å². The predicted octanol–water partition coefficient (Wildman–Crippen LogP) is 3.35. The average Bonchev–Trinajstić information content (AvgIpc) is 2.66. The van der Waals surface area contributed by atoms with Crippen LogP contribution in [0, 0.1) is 0 Å². The summed E-state index contributed by atoms with van der Waals surface area (Å²) in [6, 6.07) is 15.2. The molecule has 0 spiro atoms. The number of carbonyl (C=O) groups is 1. The van der Waals surface area contributed by atoms with Crippen molar-refractivity contribution in [2.24, 2.45) is 0 Å². The third kappa shape index (κ3) is 4.08. The summed E-state index contributed by atoms with van der Waals surface area (Å²) < 4.78 is 0. The second-order valence-electron chi connectivity index (χ2n) is 6.08. The van der Waals surface area contributed by atoms with Crippen LogP contribution in [0.2, 0.25) is 0 Å². The summed E-state index contributed by atoms with van der Waals surface area (Å²) in [5.74, 6) is 0.635. The normalized spacial score (nSPS) is 10.7. The number of hydrogen-bond donors (Lipinski definition) is 3. The molecule has 1 heterocycles. The molecule has 6 heteroatoms. The third-order valence-corrected chi connectivity index (χ3v) is 4.10. The van der Waals surface area contributed by atoms with Crippen molar-refractivity contribution in [3.8, 4) is 0 Å². The first-order valence-corrected chi connectivity index (χ1v) is 8.81. The van der Waals surface area contributed by atoms with Gasteiger partial charge in [-0.3, -0.25) is 4.79 Å². The van der Waals surface area contributed by atoms with Crippen LogP contribution in [0.1, 0.15) is 35.7 Å². The summed E-state index contributed by atoms with van der Waals surface area (Å²) in [6.07, 6.45) is 2.07. The molecule has 0 aliphatic rings. The first kappa shape index (κ1) is 17.7. The van der Waals surface area contributed by atoms with E-state index in [-0.39, 0.29) is 11.9 Å². The van der Waals surface area contributed by atoms with Gasteiger partial charge < -0.3 is 16.4 Å². The van der Waals surface area contributed by atoms with Gasteiger partial charge in [-0.25, -0.2) is 4.98 Å². The Balaban J connectivity index is 1.90. The Morgan fingerprint density at radius 3 is 2.65 bits per heavy atom. The lowest BCUT2D eigenvalue weighted by Gasteiger charge is -2.13. The van der Waals surface area contributed by atoms with E-state index in [1.54, 1.807) is 6.07 Å². The zero-order chi connectivity index (χ0) is 18.4. The van der Waals surface area contributed by atoms with Gasteiger partial charge in [0.15, 0.2) is 0 Å². The summed E-state index contributed by atoms with van der Waals surface area (Å²) in [5.41, 5.74) is 8.07. The molecule has 4 N–H and O–H groups in total. The molecule has 0 aliphatic carbocycles. The van der Waals surface area contributed by atoms with Crippen LogP contribution in [0.15, 0.2) is 48.5 Å². The number of nitrogens with zero attached hydrogens (tertiary/aromatic N) is 2. The Labute approximate surface area is 152 Å². The zero-order valence-electron chi connectivity index (χ0n) is 14.8. The number of nitrogens with two attached hydrogens (primary N) is 1. The molecule has 3 rings (SSSR count). The van der Waals surface area contributed by atoms with Crippen molar-refractivity contribution in [3.05, 3.63) is 59.7 Å². The minimum Gasteiger partial charge on any atom is -0.369 e. The highest BCUT2D eigenvalue weighted by molar-refractivity contribution is 6.10. The summed E-state index contributed by atoms with van der Waals surface area (Å²) in [6.45, 7) is 3.35. The largest absolute Gasteiger partial charge is 0.369 e. The predicted molar refractivity (Wildman–Crippen MR) is 105 cm³/mol. The molecule has 0 radical (unpaired) electrons. The number of rotatable bonds is 7. The molecule has 1 amide bonds. The Kier molecular flexibility index (Phi) is 5.63. The number of fused-ring (bicyclic) bond motifs is 1. The molecular formula is C20H23N5O. The molecule has 0 aliphatic heterocycles. The molecule has 0 bridgehead atoms. The fourth-order valence-electron chi connectivity index (χ4n) is 2.78. The van der Waals surface area contributed by atoms with E-state index in [4.69, 9.17) is 5.73 Å². The highest BCUT2D eigenvalue weighted by Crippen LogP contribution is 2.25. The van der Waals surface area contributed by atoms with Crippen LogP contribution in [0.4, 0.5) is 11.8 Å². The lowest BCUT2D eigenvalue weighted by Crippen LogP contribution is -2.23. The van der Waals surface area contributed by atoms with Gasteiger partial charge in [-0.1, -0.05) is 49.7 Å². The van der Waals surface area contributed by atoms with Gasteiger partial charge in [0, 0.05) is 13.1 Å². The van der Waals surface area contributed by atoms with E-state index in [1.807, 2.05) is 42.5 Å².